The predicted molar refractivity (Wildman–Crippen MR) is 69.6 cm³/mol. The van der Waals surface area contributed by atoms with Crippen molar-refractivity contribution in [3.05, 3.63) is 0 Å². The average Bonchev–Trinajstić information content (AvgIpc) is 3.13. The zero-order valence-corrected chi connectivity index (χ0v) is 11.0. The molecule has 3 heteroatoms. The lowest BCUT2D eigenvalue weighted by molar-refractivity contribution is -0.135. The number of hydrogen-bond acceptors (Lipinski definition) is 2. The van der Waals surface area contributed by atoms with Crippen LogP contribution in [-0.4, -0.2) is 29.4 Å². The Bertz CT molecular complexity index is 261. The second-order valence-electron chi connectivity index (χ2n) is 5.73. The fourth-order valence-electron chi connectivity index (χ4n) is 2.97. The molecule has 0 aromatic rings. The van der Waals surface area contributed by atoms with Crippen molar-refractivity contribution in [2.24, 2.45) is 11.7 Å². The molecule has 2 aliphatic rings. The summed E-state index contributed by atoms with van der Waals surface area (Å²) in [5.74, 6) is 0.941. The highest BCUT2D eigenvalue weighted by molar-refractivity contribution is 5.77. The van der Waals surface area contributed by atoms with Crippen molar-refractivity contribution < 1.29 is 4.79 Å². The van der Waals surface area contributed by atoms with Gasteiger partial charge < -0.3 is 10.6 Å². The molecule has 98 valence electrons. The van der Waals surface area contributed by atoms with Crippen LogP contribution in [0.25, 0.3) is 0 Å². The molecular weight excluding hydrogens is 212 g/mol. The second kappa shape index (κ2) is 5.85. The first-order valence-corrected chi connectivity index (χ1v) is 7.27. The van der Waals surface area contributed by atoms with Crippen molar-refractivity contribution in [3.8, 4) is 0 Å². The number of hydrogen-bond donors (Lipinski definition) is 1. The molecule has 0 spiro atoms. The molecule has 0 aromatic heterocycles. The van der Waals surface area contributed by atoms with Gasteiger partial charge in [0.1, 0.15) is 0 Å². The van der Waals surface area contributed by atoms with Gasteiger partial charge in [-0.2, -0.15) is 0 Å². The lowest BCUT2D eigenvalue weighted by atomic mass is 9.97. The summed E-state index contributed by atoms with van der Waals surface area (Å²) < 4.78 is 0. The fourth-order valence-corrected chi connectivity index (χ4v) is 2.97. The van der Waals surface area contributed by atoms with Gasteiger partial charge in [0, 0.05) is 25.0 Å². The van der Waals surface area contributed by atoms with Gasteiger partial charge in [0.2, 0.25) is 5.91 Å². The molecule has 1 aliphatic carbocycles. The molecule has 0 bridgehead atoms. The van der Waals surface area contributed by atoms with Crippen LogP contribution in [-0.2, 0) is 4.79 Å². The summed E-state index contributed by atoms with van der Waals surface area (Å²) in [6, 6.07) is 0.611. The van der Waals surface area contributed by atoms with Crippen molar-refractivity contribution >= 4 is 5.91 Å². The van der Waals surface area contributed by atoms with E-state index in [-0.39, 0.29) is 6.04 Å². The number of rotatable bonds is 5. The Morgan fingerprint density at radius 2 is 2.12 bits per heavy atom. The van der Waals surface area contributed by atoms with E-state index in [1.54, 1.807) is 0 Å². The molecule has 2 fully saturated rings. The number of piperidine rings is 1. The Labute approximate surface area is 105 Å². The number of carbonyl (C=O) groups is 1. The van der Waals surface area contributed by atoms with Crippen LogP contribution >= 0.6 is 0 Å². The Balaban J connectivity index is 1.85. The second-order valence-corrected chi connectivity index (χ2v) is 5.73. The average molecular weight is 238 g/mol. The molecule has 1 aliphatic heterocycles. The van der Waals surface area contributed by atoms with Crippen molar-refractivity contribution in [1.82, 2.24) is 4.90 Å². The topological polar surface area (TPSA) is 46.3 Å². The van der Waals surface area contributed by atoms with Crippen molar-refractivity contribution in [1.29, 1.82) is 0 Å². The third kappa shape index (κ3) is 3.44. The summed E-state index contributed by atoms with van der Waals surface area (Å²) in [7, 11) is 0. The molecule has 1 amide bonds. The maximum atomic E-state index is 12.3. The van der Waals surface area contributed by atoms with E-state index in [0.717, 1.165) is 13.0 Å². The molecule has 0 radical (unpaired) electrons. The van der Waals surface area contributed by atoms with Crippen LogP contribution in [0.5, 0.6) is 0 Å². The lowest BCUT2D eigenvalue weighted by Crippen LogP contribution is -2.45. The van der Waals surface area contributed by atoms with Crippen LogP contribution in [0.15, 0.2) is 0 Å². The van der Waals surface area contributed by atoms with E-state index in [1.807, 2.05) is 0 Å². The summed E-state index contributed by atoms with van der Waals surface area (Å²) in [5.41, 5.74) is 6.06. The standard InChI is InChI=1S/C14H26N2O/c1-2-5-12-6-3-4-9-16(12)14(17)10-13(15)11-7-8-11/h11-13H,2-10,15H2,1H3. The number of nitrogens with two attached hydrogens (primary N) is 1. The van der Waals surface area contributed by atoms with Crippen LogP contribution in [0.3, 0.4) is 0 Å². The first-order valence-electron chi connectivity index (χ1n) is 7.27. The van der Waals surface area contributed by atoms with Crippen molar-refractivity contribution in [2.75, 3.05) is 6.54 Å². The van der Waals surface area contributed by atoms with Crippen molar-refractivity contribution in [3.63, 3.8) is 0 Å². The van der Waals surface area contributed by atoms with Crippen LogP contribution in [0.1, 0.15) is 58.3 Å². The first kappa shape index (κ1) is 12.9. The molecule has 2 atom stereocenters. The Hall–Kier alpha value is -0.570. The third-order valence-electron chi connectivity index (χ3n) is 4.21. The molecule has 17 heavy (non-hydrogen) atoms. The summed E-state index contributed by atoms with van der Waals surface area (Å²) in [4.78, 5) is 14.4. The van der Waals surface area contributed by atoms with Gasteiger partial charge in [-0.05, 0) is 44.4 Å². The van der Waals surface area contributed by atoms with Gasteiger partial charge in [-0.3, -0.25) is 4.79 Å². The Kier molecular flexibility index (Phi) is 4.43. The lowest BCUT2D eigenvalue weighted by Gasteiger charge is -2.36. The predicted octanol–water partition coefficient (Wildman–Crippen LogP) is 2.29. The van der Waals surface area contributed by atoms with Gasteiger partial charge in [-0.25, -0.2) is 0 Å². The fraction of sp³-hybridized carbons (Fsp3) is 0.929. The van der Waals surface area contributed by atoms with E-state index in [1.165, 1.54) is 38.5 Å². The number of amides is 1. The Morgan fingerprint density at radius 3 is 2.76 bits per heavy atom. The van der Waals surface area contributed by atoms with Gasteiger partial charge in [-0.15, -0.1) is 0 Å². The minimum absolute atomic E-state index is 0.117. The maximum absolute atomic E-state index is 12.3. The maximum Gasteiger partial charge on any atom is 0.224 e. The van der Waals surface area contributed by atoms with Crippen LogP contribution in [0.2, 0.25) is 0 Å². The summed E-state index contributed by atoms with van der Waals surface area (Å²) in [6.07, 6.45) is 9.00. The summed E-state index contributed by atoms with van der Waals surface area (Å²) in [6.45, 7) is 3.16. The van der Waals surface area contributed by atoms with Gasteiger partial charge in [0.25, 0.3) is 0 Å². The molecule has 0 aromatic carbocycles. The van der Waals surface area contributed by atoms with Gasteiger partial charge >= 0.3 is 0 Å². The van der Waals surface area contributed by atoms with E-state index in [4.69, 9.17) is 5.73 Å². The highest BCUT2D eigenvalue weighted by Gasteiger charge is 2.33. The molecule has 1 saturated heterocycles. The minimum atomic E-state index is 0.117. The molecule has 1 saturated carbocycles. The highest BCUT2D eigenvalue weighted by Crippen LogP contribution is 2.33. The largest absolute Gasteiger partial charge is 0.340 e. The molecule has 2 rings (SSSR count). The van der Waals surface area contributed by atoms with E-state index in [9.17, 15) is 4.79 Å². The van der Waals surface area contributed by atoms with E-state index >= 15 is 0 Å². The molecule has 2 unspecified atom stereocenters. The number of nitrogens with zero attached hydrogens (tertiary/aromatic N) is 1. The molecular formula is C14H26N2O. The highest BCUT2D eigenvalue weighted by atomic mass is 16.2. The normalized spacial score (nSPS) is 26.9. The quantitative estimate of drug-likeness (QED) is 0.799. The van der Waals surface area contributed by atoms with E-state index < -0.39 is 0 Å². The summed E-state index contributed by atoms with van der Waals surface area (Å²) >= 11 is 0. The first-order chi connectivity index (χ1) is 8.22. The smallest absolute Gasteiger partial charge is 0.224 e. The van der Waals surface area contributed by atoms with Crippen LogP contribution in [0.4, 0.5) is 0 Å². The number of likely N-dealkylation sites (tertiary alicyclic amines) is 1. The monoisotopic (exact) mass is 238 g/mol. The third-order valence-corrected chi connectivity index (χ3v) is 4.21. The summed E-state index contributed by atoms with van der Waals surface area (Å²) in [5, 5.41) is 0. The van der Waals surface area contributed by atoms with Crippen molar-refractivity contribution in [2.45, 2.75) is 70.4 Å². The molecule has 2 N–H and O–H groups in total. The molecule has 1 heterocycles. The van der Waals surface area contributed by atoms with Crippen LogP contribution < -0.4 is 5.73 Å². The van der Waals surface area contributed by atoms with E-state index in [0.29, 0.717) is 24.3 Å². The zero-order valence-electron chi connectivity index (χ0n) is 11.0. The number of carbonyl (C=O) groups excluding carboxylic acids is 1. The van der Waals surface area contributed by atoms with Gasteiger partial charge in [0.05, 0.1) is 0 Å². The van der Waals surface area contributed by atoms with Gasteiger partial charge in [-0.1, -0.05) is 13.3 Å². The van der Waals surface area contributed by atoms with E-state index in [2.05, 4.69) is 11.8 Å². The van der Waals surface area contributed by atoms with Gasteiger partial charge in [0.15, 0.2) is 0 Å². The minimum Gasteiger partial charge on any atom is -0.340 e. The zero-order chi connectivity index (χ0) is 12.3. The SMILES string of the molecule is CCCC1CCCCN1C(=O)CC(N)C1CC1. The Morgan fingerprint density at radius 1 is 1.35 bits per heavy atom. The van der Waals surface area contributed by atoms with Crippen LogP contribution in [0, 0.1) is 5.92 Å². The molecule has 3 nitrogen and oxygen atoms in total.